The summed E-state index contributed by atoms with van der Waals surface area (Å²) in [7, 11) is 0. The predicted octanol–water partition coefficient (Wildman–Crippen LogP) is 1.31. The molecular weight excluding hydrogens is 74.1 g/mol. The first kappa shape index (κ1) is 3.67. The van der Waals surface area contributed by atoms with E-state index in [1.807, 2.05) is 0 Å². The molecule has 1 saturated carbocycles. The van der Waals surface area contributed by atoms with Gasteiger partial charge in [0.15, 0.2) is 0 Å². The van der Waals surface area contributed by atoms with Crippen LogP contribution < -0.4 is 0 Å². The van der Waals surface area contributed by atoms with Crippen molar-refractivity contribution in [2.24, 2.45) is 5.92 Å². The molecule has 0 aliphatic heterocycles. The molecule has 0 aromatic carbocycles. The number of hydrogen-bond acceptors (Lipinski definition) is 0. The average molecular weight is 81.1 g/mol. The second kappa shape index (κ2) is 0.975. The third-order valence-electron chi connectivity index (χ3n) is 1.23. The van der Waals surface area contributed by atoms with Gasteiger partial charge in [0.1, 0.15) is 0 Å². The van der Waals surface area contributed by atoms with E-state index in [0.29, 0.717) is 12.0 Å². The van der Waals surface area contributed by atoms with Gasteiger partial charge in [0.2, 0.25) is 6.04 Å². The van der Waals surface area contributed by atoms with Crippen molar-refractivity contribution >= 4 is 0 Å². The molecule has 1 aliphatic carbocycles. The number of hydrogen-bond donors (Lipinski definition) is 0. The first-order chi connectivity index (χ1) is 2.84. The maximum Gasteiger partial charge on any atom is 0.227 e. The molecule has 0 saturated heterocycles. The van der Waals surface area contributed by atoms with Crippen LogP contribution in [0.25, 0.3) is 4.85 Å². The van der Waals surface area contributed by atoms with Crippen molar-refractivity contribution in [2.75, 3.05) is 0 Å². The van der Waals surface area contributed by atoms with Crippen molar-refractivity contribution in [1.82, 2.24) is 0 Å². The van der Waals surface area contributed by atoms with Crippen LogP contribution in [0, 0.1) is 12.5 Å². The normalized spacial score (nSPS) is 41.3. The fourth-order valence-electron chi connectivity index (χ4n) is 0.482. The maximum absolute atomic E-state index is 6.48. The zero-order valence-corrected chi connectivity index (χ0v) is 3.81. The molecule has 32 valence electrons. The molecule has 6 heavy (non-hydrogen) atoms. The van der Waals surface area contributed by atoms with E-state index in [1.54, 1.807) is 0 Å². The molecule has 2 atom stereocenters. The van der Waals surface area contributed by atoms with Gasteiger partial charge in [0.05, 0.1) is 0 Å². The zero-order valence-electron chi connectivity index (χ0n) is 3.81. The van der Waals surface area contributed by atoms with Crippen molar-refractivity contribution in [1.29, 1.82) is 0 Å². The summed E-state index contributed by atoms with van der Waals surface area (Å²) < 4.78 is 0. The summed E-state index contributed by atoms with van der Waals surface area (Å²) in [5.41, 5.74) is 0. The van der Waals surface area contributed by atoms with E-state index in [1.165, 1.54) is 0 Å². The molecule has 1 nitrogen and oxygen atoms in total. The molecule has 0 unspecified atom stereocenters. The lowest BCUT2D eigenvalue weighted by Crippen LogP contribution is -1.67. The van der Waals surface area contributed by atoms with Crippen LogP contribution >= 0.6 is 0 Å². The Kier molecular flexibility index (Phi) is 0.597. The Bertz CT molecular complexity index is 90.6. The first-order valence-corrected chi connectivity index (χ1v) is 2.21. The van der Waals surface area contributed by atoms with Crippen LogP contribution in [0.1, 0.15) is 13.3 Å². The van der Waals surface area contributed by atoms with Crippen molar-refractivity contribution in [3.8, 4) is 0 Å². The van der Waals surface area contributed by atoms with E-state index in [9.17, 15) is 0 Å². The molecule has 1 aliphatic rings. The summed E-state index contributed by atoms with van der Waals surface area (Å²) in [5, 5.41) is 0. The van der Waals surface area contributed by atoms with Gasteiger partial charge in [0.25, 0.3) is 0 Å². The Labute approximate surface area is 37.8 Å². The van der Waals surface area contributed by atoms with Crippen LogP contribution in [0.5, 0.6) is 0 Å². The lowest BCUT2D eigenvalue weighted by Gasteiger charge is -1.64. The van der Waals surface area contributed by atoms with Crippen LogP contribution in [0.2, 0.25) is 0 Å². The number of rotatable bonds is 0. The molecule has 0 amide bonds. The van der Waals surface area contributed by atoms with Crippen LogP contribution in [-0.4, -0.2) is 6.04 Å². The summed E-state index contributed by atoms with van der Waals surface area (Å²) in [5.74, 6) is 0.711. The van der Waals surface area contributed by atoms with E-state index in [2.05, 4.69) is 11.8 Å². The van der Waals surface area contributed by atoms with Gasteiger partial charge in [-0.25, -0.2) is 6.57 Å². The second-order valence-corrected chi connectivity index (χ2v) is 1.91. The lowest BCUT2D eigenvalue weighted by atomic mass is 10.5. The van der Waals surface area contributed by atoms with Gasteiger partial charge in [-0.3, -0.25) is 0 Å². The highest BCUT2D eigenvalue weighted by molar-refractivity contribution is 4.98. The standard InChI is InChI=1S/C5H7N/c1-4-3-5(4)6-2/h4-5H,3H2,1H3/t4-,5+/m1/s1. The van der Waals surface area contributed by atoms with Crippen LogP contribution in [0.3, 0.4) is 0 Å². The van der Waals surface area contributed by atoms with Gasteiger partial charge in [-0.15, -0.1) is 0 Å². The van der Waals surface area contributed by atoms with Crippen molar-refractivity contribution in [3.05, 3.63) is 11.4 Å². The van der Waals surface area contributed by atoms with Crippen LogP contribution in [0.4, 0.5) is 0 Å². The SMILES string of the molecule is [C-]#[N+][C@H]1C[C@H]1C. The Hall–Kier alpha value is -0.510. The van der Waals surface area contributed by atoms with Gasteiger partial charge in [-0.05, 0) is 0 Å². The molecule has 1 rings (SSSR count). The predicted molar refractivity (Wildman–Crippen MR) is 24.2 cm³/mol. The Morgan fingerprint density at radius 1 is 1.83 bits per heavy atom. The molecule has 0 spiro atoms. The van der Waals surface area contributed by atoms with E-state index in [0.717, 1.165) is 6.42 Å². The smallest absolute Gasteiger partial charge is 0.227 e. The van der Waals surface area contributed by atoms with Crippen molar-refractivity contribution < 1.29 is 0 Å². The highest BCUT2D eigenvalue weighted by Crippen LogP contribution is 2.32. The molecule has 0 bridgehead atoms. The Balaban J connectivity index is 2.31. The monoisotopic (exact) mass is 81.1 g/mol. The molecule has 1 fully saturated rings. The molecule has 0 radical (unpaired) electrons. The summed E-state index contributed by atoms with van der Waals surface area (Å²) in [4.78, 5) is 3.33. The average Bonchev–Trinajstić information content (AvgIpc) is 2.19. The summed E-state index contributed by atoms with van der Waals surface area (Å²) in [6.07, 6.45) is 1.14. The van der Waals surface area contributed by atoms with Crippen molar-refractivity contribution in [2.45, 2.75) is 19.4 Å². The van der Waals surface area contributed by atoms with Gasteiger partial charge < -0.3 is 4.85 Å². The third kappa shape index (κ3) is 0.386. The fourth-order valence-corrected chi connectivity index (χ4v) is 0.482. The summed E-state index contributed by atoms with van der Waals surface area (Å²) in [6, 6.07) is 0.394. The summed E-state index contributed by atoms with van der Waals surface area (Å²) in [6.45, 7) is 8.59. The molecule has 0 aromatic heterocycles. The molecule has 0 aromatic rings. The molecule has 0 N–H and O–H groups in total. The maximum atomic E-state index is 6.48. The Morgan fingerprint density at radius 3 is 2.33 bits per heavy atom. The summed E-state index contributed by atoms with van der Waals surface area (Å²) >= 11 is 0. The van der Waals surface area contributed by atoms with E-state index in [-0.39, 0.29) is 0 Å². The highest BCUT2D eigenvalue weighted by atomic mass is 14.8. The van der Waals surface area contributed by atoms with Gasteiger partial charge in [0, 0.05) is 12.3 Å². The number of nitrogens with zero attached hydrogens (tertiary/aromatic N) is 1. The largest absolute Gasteiger partial charge is 0.313 e. The van der Waals surface area contributed by atoms with E-state index >= 15 is 0 Å². The highest BCUT2D eigenvalue weighted by Gasteiger charge is 2.39. The van der Waals surface area contributed by atoms with E-state index < -0.39 is 0 Å². The zero-order chi connectivity index (χ0) is 4.57. The molecular formula is C5H7N. The lowest BCUT2D eigenvalue weighted by molar-refractivity contribution is 0.958. The quantitative estimate of drug-likeness (QED) is 0.387. The van der Waals surface area contributed by atoms with Crippen molar-refractivity contribution in [3.63, 3.8) is 0 Å². The minimum atomic E-state index is 0.394. The fraction of sp³-hybridized carbons (Fsp3) is 0.800. The minimum absolute atomic E-state index is 0.394. The second-order valence-electron chi connectivity index (χ2n) is 1.91. The first-order valence-electron chi connectivity index (χ1n) is 2.21. The van der Waals surface area contributed by atoms with E-state index in [4.69, 9.17) is 6.57 Å². The van der Waals surface area contributed by atoms with Gasteiger partial charge in [-0.1, -0.05) is 6.92 Å². The Morgan fingerprint density at radius 2 is 2.33 bits per heavy atom. The topological polar surface area (TPSA) is 4.36 Å². The molecule has 0 heterocycles. The van der Waals surface area contributed by atoms with Crippen LogP contribution in [0.15, 0.2) is 0 Å². The van der Waals surface area contributed by atoms with Gasteiger partial charge >= 0.3 is 0 Å². The third-order valence-corrected chi connectivity index (χ3v) is 1.23. The molecule has 1 heteroatoms. The minimum Gasteiger partial charge on any atom is -0.313 e. The van der Waals surface area contributed by atoms with Crippen LogP contribution in [-0.2, 0) is 0 Å². The van der Waals surface area contributed by atoms with Gasteiger partial charge in [-0.2, -0.15) is 0 Å².